The molecule has 0 aliphatic heterocycles. The van der Waals surface area contributed by atoms with Crippen molar-refractivity contribution >= 4 is 0 Å². The summed E-state index contributed by atoms with van der Waals surface area (Å²) in [6.07, 6.45) is 2.78. The zero-order valence-electron chi connectivity index (χ0n) is 8.46. The lowest BCUT2D eigenvalue weighted by Gasteiger charge is -2.08. The van der Waals surface area contributed by atoms with Gasteiger partial charge < -0.3 is 5.32 Å². The summed E-state index contributed by atoms with van der Waals surface area (Å²) in [5.74, 6) is -0.179. The molecule has 1 atom stereocenters. The summed E-state index contributed by atoms with van der Waals surface area (Å²) in [5, 5.41) is 3.28. The molecule has 1 unspecified atom stereocenters. The normalized spacial score (nSPS) is 12.4. The van der Waals surface area contributed by atoms with Crippen LogP contribution in [0.15, 0.2) is 36.9 Å². The van der Waals surface area contributed by atoms with Crippen molar-refractivity contribution in [3.05, 3.63) is 48.3 Å². The lowest BCUT2D eigenvalue weighted by Crippen LogP contribution is -2.25. The molecular weight excluding hydrogens is 177 g/mol. The maximum absolute atomic E-state index is 12.6. The van der Waals surface area contributed by atoms with Crippen molar-refractivity contribution in [2.75, 3.05) is 6.54 Å². The highest BCUT2D eigenvalue weighted by Crippen LogP contribution is 2.02. The molecule has 1 rings (SSSR count). The Morgan fingerprint density at radius 3 is 2.64 bits per heavy atom. The van der Waals surface area contributed by atoms with Crippen molar-refractivity contribution in [1.29, 1.82) is 0 Å². The van der Waals surface area contributed by atoms with E-state index >= 15 is 0 Å². The summed E-state index contributed by atoms with van der Waals surface area (Å²) >= 11 is 0. The zero-order chi connectivity index (χ0) is 10.4. The highest BCUT2D eigenvalue weighted by molar-refractivity contribution is 5.16. The van der Waals surface area contributed by atoms with E-state index in [-0.39, 0.29) is 5.82 Å². The van der Waals surface area contributed by atoms with Gasteiger partial charge in [0.25, 0.3) is 0 Å². The second kappa shape index (κ2) is 5.55. The smallest absolute Gasteiger partial charge is 0.123 e. The van der Waals surface area contributed by atoms with Gasteiger partial charge in [-0.25, -0.2) is 4.39 Å². The van der Waals surface area contributed by atoms with Gasteiger partial charge in [0.15, 0.2) is 0 Å². The van der Waals surface area contributed by atoms with Gasteiger partial charge in [0.05, 0.1) is 0 Å². The fourth-order valence-electron chi connectivity index (χ4n) is 1.18. The summed E-state index contributed by atoms with van der Waals surface area (Å²) < 4.78 is 12.6. The first kappa shape index (κ1) is 10.9. The number of halogens is 1. The molecule has 0 aliphatic rings. The summed E-state index contributed by atoms with van der Waals surface area (Å²) in [7, 11) is 0. The van der Waals surface area contributed by atoms with Gasteiger partial charge >= 0.3 is 0 Å². The van der Waals surface area contributed by atoms with Gasteiger partial charge in [-0.05, 0) is 37.6 Å². The van der Waals surface area contributed by atoms with E-state index in [4.69, 9.17) is 0 Å². The van der Waals surface area contributed by atoms with Crippen molar-refractivity contribution in [2.24, 2.45) is 0 Å². The predicted molar refractivity (Wildman–Crippen MR) is 57.8 cm³/mol. The number of benzene rings is 1. The van der Waals surface area contributed by atoms with Crippen molar-refractivity contribution in [1.82, 2.24) is 5.32 Å². The third kappa shape index (κ3) is 3.71. The van der Waals surface area contributed by atoms with E-state index < -0.39 is 0 Å². The molecule has 0 heterocycles. The fourth-order valence-corrected chi connectivity index (χ4v) is 1.18. The van der Waals surface area contributed by atoms with Crippen molar-refractivity contribution in [2.45, 2.75) is 19.4 Å². The van der Waals surface area contributed by atoms with E-state index in [1.54, 1.807) is 0 Å². The fraction of sp³-hybridized carbons (Fsp3) is 0.333. The maximum Gasteiger partial charge on any atom is 0.123 e. The van der Waals surface area contributed by atoms with Gasteiger partial charge in [-0.2, -0.15) is 0 Å². The van der Waals surface area contributed by atoms with Gasteiger partial charge in [-0.15, -0.1) is 6.58 Å². The lowest BCUT2D eigenvalue weighted by atomic mass is 10.1. The Morgan fingerprint density at radius 1 is 1.43 bits per heavy atom. The van der Waals surface area contributed by atoms with Crippen LogP contribution in [0.25, 0.3) is 0 Å². The molecule has 76 valence electrons. The molecule has 2 heteroatoms. The molecule has 0 aliphatic carbocycles. The highest BCUT2D eigenvalue weighted by atomic mass is 19.1. The van der Waals surface area contributed by atoms with E-state index in [1.807, 2.05) is 18.2 Å². The molecule has 0 fully saturated rings. The minimum atomic E-state index is -0.179. The lowest BCUT2D eigenvalue weighted by molar-refractivity contribution is 0.621. The maximum atomic E-state index is 12.6. The van der Waals surface area contributed by atoms with Crippen LogP contribution in [-0.4, -0.2) is 12.6 Å². The topological polar surface area (TPSA) is 12.0 Å². The monoisotopic (exact) mass is 193 g/mol. The van der Waals surface area contributed by atoms with E-state index in [9.17, 15) is 4.39 Å². The second-order valence-corrected chi connectivity index (χ2v) is 3.35. The molecule has 1 aromatic carbocycles. The van der Waals surface area contributed by atoms with Crippen LogP contribution >= 0.6 is 0 Å². The van der Waals surface area contributed by atoms with Crippen LogP contribution in [0.3, 0.4) is 0 Å². The molecule has 1 aromatic rings. The summed E-state index contributed by atoms with van der Waals surface area (Å²) in [6, 6.07) is 6.94. The average Bonchev–Trinajstić information content (AvgIpc) is 2.21. The SMILES string of the molecule is C=CC(C)NCCc1ccc(F)cc1. The third-order valence-electron chi connectivity index (χ3n) is 2.15. The van der Waals surface area contributed by atoms with Crippen LogP contribution in [0.4, 0.5) is 4.39 Å². The number of nitrogens with one attached hydrogen (secondary N) is 1. The number of rotatable bonds is 5. The molecule has 0 spiro atoms. The molecule has 1 N–H and O–H groups in total. The Kier molecular flexibility index (Phi) is 4.33. The van der Waals surface area contributed by atoms with E-state index in [1.165, 1.54) is 12.1 Å². The molecule has 0 aromatic heterocycles. The first-order valence-electron chi connectivity index (χ1n) is 4.83. The molecule has 0 bridgehead atoms. The van der Waals surface area contributed by atoms with E-state index in [0.717, 1.165) is 18.5 Å². The molecular formula is C12H16FN. The molecule has 0 amide bonds. The minimum Gasteiger partial charge on any atom is -0.310 e. The summed E-state index contributed by atoms with van der Waals surface area (Å²) in [6.45, 7) is 6.63. The Labute approximate surface area is 84.6 Å². The first-order valence-corrected chi connectivity index (χ1v) is 4.83. The van der Waals surface area contributed by atoms with Crippen molar-refractivity contribution in [3.8, 4) is 0 Å². The Balaban J connectivity index is 2.31. The van der Waals surface area contributed by atoms with Gasteiger partial charge in [0, 0.05) is 6.04 Å². The van der Waals surface area contributed by atoms with E-state index in [0.29, 0.717) is 6.04 Å². The van der Waals surface area contributed by atoms with Gasteiger partial charge in [0.1, 0.15) is 5.82 Å². The van der Waals surface area contributed by atoms with Crippen LogP contribution in [0.5, 0.6) is 0 Å². The number of hydrogen-bond donors (Lipinski definition) is 1. The summed E-state index contributed by atoms with van der Waals surface area (Å²) in [5.41, 5.74) is 1.15. The first-order chi connectivity index (χ1) is 6.72. The van der Waals surface area contributed by atoms with Gasteiger partial charge in [-0.1, -0.05) is 18.2 Å². The second-order valence-electron chi connectivity index (χ2n) is 3.35. The molecule has 0 saturated carbocycles. The number of hydrogen-bond acceptors (Lipinski definition) is 1. The molecule has 0 radical (unpaired) electrons. The molecule has 0 saturated heterocycles. The zero-order valence-corrected chi connectivity index (χ0v) is 8.46. The quantitative estimate of drug-likeness (QED) is 0.708. The standard InChI is InChI=1S/C12H16FN/c1-3-10(2)14-9-8-11-4-6-12(13)7-5-11/h3-7,10,14H,1,8-9H2,2H3. The summed E-state index contributed by atoms with van der Waals surface area (Å²) in [4.78, 5) is 0. The third-order valence-corrected chi connectivity index (χ3v) is 2.15. The van der Waals surface area contributed by atoms with Crippen LogP contribution in [0, 0.1) is 5.82 Å². The van der Waals surface area contributed by atoms with Gasteiger partial charge in [0.2, 0.25) is 0 Å². The Hall–Kier alpha value is -1.15. The van der Waals surface area contributed by atoms with Crippen molar-refractivity contribution in [3.63, 3.8) is 0 Å². The van der Waals surface area contributed by atoms with Crippen LogP contribution < -0.4 is 5.32 Å². The Bertz CT molecular complexity index is 279. The van der Waals surface area contributed by atoms with Crippen molar-refractivity contribution < 1.29 is 4.39 Å². The predicted octanol–water partition coefficient (Wildman–Crippen LogP) is 2.53. The molecule has 1 nitrogen and oxygen atoms in total. The largest absolute Gasteiger partial charge is 0.310 e. The Morgan fingerprint density at radius 2 is 2.07 bits per heavy atom. The van der Waals surface area contributed by atoms with E-state index in [2.05, 4.69) is 18.8 Å². The minimum absolute atomic E-state index is 0.179. The highest BCUT2D eigenvalue weighted by Gasteiger charge is 1.96. The average molecular weight is 193 g/mol. The molecule has 14 heavy (non-hydrogen) atoms. The van der Waals surface area contributed by atoms with Crippen LogP contribution in [-0.2, 0) is 6.42 Å². The van der Waals surface area contributed by atoms with Gasteiger partial charge in [-0.3, -0.25) is 0 Å². The van der Waals surface area contributed by atoms with Crippen LogP contribution in [0.2, 0.25) is 0 Å². The van der Waals surface area contributed by atoms with Crippen LogP contribution in [0.1, 0.15) is 12.5 Å².